The molecular weight excluding hydrogens is 294 g/mol. The van der Waals surface area contributed by atoms with E-state index in [1.165, 1.54) is 0 Å². The van der Waals surface area contributed by atoms with Crippen molar-refractivity contribution in [1.82, 2.24) is 5.32 Å². The van der Waals surface area contributed by atoms with Crippen LogP contribution in [0.4, 0.5) is 0 Å². The molecule has 2 rings (SSSR count). The number of hydrogen-bond acceptors (Lipinski definition) is 3. The molecular formula is C14H20BrNO2. The molecule has 0 aromatic heterocycles. The first-order valence-electron chi connectivity index (χ1n) is 6.47. The van der Waals surface area contributed by atoms with E-state index in [1.807, 2.05) is 31.2 Å². The zero-order chi connectivity index (χ0) is 13.0. The monoisotopic (exact) mass is 313 g/mol. The second kappa shape index (κ2) is 6.66. The number of hydrogen-bond donors (Lipinski definition) is 2. The van der Waals surface area contributed by atoms with Crippen LogP contribution in [0.25, 0.3) is 0 Å². The Morgan fingerprint density at radius 3 is 2.94 bits per heavy atom. The van der Waals surface area contributed by atoms with E-state index in [2.05, 4.69) is 21.2 Å². The van der Waals surface area contributed by atoms with Gasteiger partial charge in [0.25, 0.3) is 0 Å². The molecule has 1 fully saturated rings. The van der Waals surface area contributed by atoms with Gasteiger partial charge in [0.05, 0.1) is 12.2 Å². The third kappa shape index (κ3) is 3.79. The van der Waals surface area contributed by atoms with Gasteiger partial charge in [-0.25, -0.2) is 0 Å². The number of benzene rings is 1. The van der Waals surface area contributed by atoms with Gasteiger partial charge in [-0.3, -0.25) is 0 Å². The lowest BCUT2D eigenvalue weighted by atomic mass is 9.89. The van der Waals surface area contributed by atoms with Gasteiger partial charge in [0.1, 0.15) is 0 Å². The first kappa shape index (κ1) is 14.0. The second-order valence-electron chi connectivity index (χ2n) is 4.72. The SMILES string of the molecule is CCOC1CC(NCC(O)c2cccc(Br)c2)C1. The summed E-state index contributed by atoms with van der Waals surface area (Å²) in [6.45, 7) is 3.41. The van der Waals surface area contributed by atoms with Gasteiger partial charge in [-0.1, -0.05) is 28.1 Å². The number of halogens is 1. The maximum atomic E-state index is 10.1. The lowest BCUT2D eigenvalue weighted by Gasteiger charge is -2.36. The Bertz CT molecular complexity index is 380. The average Bonchev–Trinajstić information content (AvgIpc) is 2.31. The van der Waals surface area contributed by atoms with Crippen molar-refractivity contribution in [3.63, 3.8) is 0 Å². The molecule has 1 aliphatic carbocycles. The number of rotatable bonds is 6. The summed E-state index contributed by atoms with van der Waals surface area (Å²) < 4.78 is 6.51. The summed E-state index contributed by atoms with van der Waals surface area (Å²) in [6.07, 6.45) is 2.07. The second-order valence-corrected chi connectivity index (χ2v) is 5.64. The van der Waals surface area contributed by atoms with Crippen LogP contribution >= 0.6 is 15.9 Å². The Balaban J connectivity index is 1.71. The van der Waals surface area contributed by atoms with Crippen molar-refractivity contribution in [3.8, 4) is 0 Å². The molecule has 1 saturated carbocycles. The first-order chi connectivity index (χ1) is 8.69. The molecule has 4 heteroatoms. The Morgan fingerprint density at radius 2 is 2.28 bits per heavy atom. The van der Waals surface area contributed by atoms with Crippen LogP contribution in [-0.2, 0) is 4.74 Å². The van der Waals surface area contributed by atoms with E-state index in [9.17, 15) is 5.11 Å². The van der Waals surface area contributed by atoms with Gasteiger partial charge in [0.2, 0.25) is 0 Å². The quantitative estimate of drug-likeness (QED) is 0.848. The summed E-state index contributed by atoms with van der Waals surface area (Å²) in [7, 11) is 0. The van der Waals surface area contributed by atoms with E-state index in [0.29, 0.717) is 18.7 Å². The lowest BCUT2D eigenvalue weighted by molar-refractivity contribution is -0.0123. The number of nitrogens with one attached hydrogen (secondary N) is 1. The summed E-state index contributed by atoms with van der Waals surface area (Å²) in [5.41, 5.74) is 0.942. The lowest BCUT2D eigenvalue weighted by Crippen LogP contribution is -2.46. The number of ether oxygens (including phenoxy) is 1. The topological polar surface area (TPSA) is 41.5 Å². The fourth-order valence-electron chi connectivity index (χ4n) is 2.21. The molecule has 100 valence electrons. The summed E-state index contributed by atoms with van der Waals surface area (Å²) >= 11 is 3.41. The normalized spacial score (nSPS) is 24.6. The Labute approximate surface area is 117 Å². The van der Waals surface area contributed by atoms with Crippen LogP contribution in [0, 0.1) is 0 Å². The minimum atomic E-state index is -0.450. The minimum Gasteiger partial charge on any atom is -0.387 e. The molecule has 0 saturated heterocycles. The molecule has 0 bridgehead atoms. The molecule has 2 N–H and O–H groups in total. The van der Waals surface area contributed by atoms with Crippen molar-refractivity contribution in [2.45, 2.75) is 38.0 Å². The molecule has 1 aliphatic rings. The van der Waals surface area contributed by atoms with Crippen molar-refractivity contribution >= 4 is 15.9 Å². The molecule has 18 heavy (non-hydrogen) atoms. The highest BCUT2D eigenvalue weighted by molar-refractivity contribution is 9.10. The fourth-order valence-corrected chi connectivity index (χ4v) is 2.63. The molecule has 0 heterocycles. The molecule has 0 aliphatic heterocycles. The van der Waals surface area contributed by atoms with Crippen molar-refractivity contribution in [2.24, 2.45) is 0 Å². The minimum absolute atomic E-state index is 0.413. The summed E-state index contributed by atoms with van der Waals surface area (Å²) in [6, 6.07) is 8.29. The van der Waals surface area contributed by atoms with Gasteiger partial charge in [-0.05, 0) is 37.5 Å². The maximum Gasteiger partial charge on any atom is 0.0914 e. The van der Waals surface area contributed by atoms with E-state index < -0.39 is 6.10 Å². The molecule has 0 radical (unpaired) electrons. The van der Waals surface area contributed by atoms with E-state index in [0.717, 1.165) is 29.5 Å². The summed E-state index contributed by atoms with van der Waals surface area (Å²) in [5, 5.41) is 13.4. The van der Waals surface area contributed by atoms with Crippen LogP contribution in [0.3, 0.4) is 0 Å². The van der Waals surface area contributed by atoms with E-state index in [1.54, 1.807) is 0 Å². The van der Waals surface area contributed by atoms with Crippen molar-refractivity contribution < 1.29 is 9.84 Å². The fraction of sp³-hybridized carbons (Fsp3) is 0.571. The van der Waals surface area contributed by atoms with Gasteiger partial charge >= 0.3 is 0 Å². The zero-order valence-electron chi connectivity index (χ0n) is 10.6. The predicted octanol–water partition coefficient (Wildman–Crippen LogP) is 2.64. The third-order valence-corrected chi connectivity index (χ3v) is 3.82. The van der Waals surface area contributed by atoms with Crippen LogP contribution in [-0.4, -0.2) is 30.4 Å². The zero-order valence-corrected chi connectivity index (χ0v) is 12.2. The van der Waals surface area contributed by atoms with Crippen LogP contribution < -0.4 is 5.32 Å². The standard InChI is InChI=1S/C14H20BrNO2/c1-2-18-13-7-12(8-13)16-9-14(17)10-4-3-5-11(15)6-10/h3-6,12-14,16-17H,2,7-9H2,1H3. The maximum absolute atomic E-state index is 10.1. The molecule has 3 nitrogen and oxygen atoms in total. The van der Waals surface area contributed by atoms with Crippen molar-refractivity contribution in [1.29, 1.82) is 0 Å². The van der Waals surface area contributed by atoms with E-state index >= 15 is 0 Å². The van der Waals surface area contributed by atoms with Gasteiger partial charge < -0.3 is 15.2 Å². The number of aliphatic hydroxyl groups is 1. The van der Waals surface area contributed by atoms with Gasteiger partial charge in [-0.2, -0.15) is 0 Å². The molecule has 1 aromatic carbocycles. The van der Waals surface area contributed by atoms with E-state index in [4.69, 9.17) is 4.74 Å². The number of aliphatic hydroxyl groups excluding tert-OH is 1. The van der Waals surface area contributed by atoms with Crippen LogP contribution in [0.1, 0.15) is 31.4 Å². The van der Waals surface area contributed by atoms with Crippen molar-refractivity contribution in [2.75, 3.05) is 13.2 Å². The van der Waals surface area contributed by atoms with Gasteiger partial charge in [-0.15, -0.1) is 0 Å². The highest BCUT2D eigenvalue weighted by Gasteiger charge is 2.29. The van der Waals surface area contributed by atoms with Crippen molar-refractivity contribution in [3.05, 3.63) is 34.3 Å². The Kier molecular flexibility index (Phi) is 5.18. The largest absolute Gasteiger partial charge is 0.387 e. The average molecular weight is 314 g/mol. The van der Waals surface area contributed by atoms with Crippen LogP contribution in [0.2, 0.25) is 0 Å². The Hall–Kier alpha value is -0.420. The third-order valence-electron chi connectivity index (χ3n) is 3.33. The highest BCUT2D eigenvalue weighted by Crippen LogP contribution is 2.24. The molecule has 1 unspecified atom stereocenters. The molecule has 0 amide bonds. The van der Waals surface area contributed by atoms with E-state index in [-0.39, 0.29) is 0 Å². The first-order valence-corrected chi connectivity index (χ1v) is 7.27. The molecule has 0 spiro atoms. The van der Waals surface area contributed by atoms with Crippen LogP contribution in [0.5, 0.6) is 0 Å². The summed E-state index contributed by atoms with van der Waals surface area (Å²) in [5.74, 6) is 0. The smallest absolute Gasteiger partial charge is 0.0914 e. The molecule has 1 aromatic rings. The Morgan fingerprint density at radius 1 is 1.50 bits per heavy atom. The van der Waals surface area contributed by atoms with Gasteiger partial charge in [0, 0.05) is 23.7 Å². The summed E-state index contributed by atoms with van der Waals surface area (Å²) in [4.78, 5) is 0. The molecule has 1 atom stereocenters. The highest BCUT2D eigenvalue weighted by atomic mass is 79.9. The van der Waals surface area contributed by atoms with Crippen LogP contribution in [0.15, 0.2) is 28.7 Å². The van der Waals surface area contributed by atoms with Gasteiger partial charge in [0.15, 0.2) is 0 Å². The predicted molar refractivity (Wildman–Crippen MR) is 75.5 cm³/mol.